The number of rotatable bonds is 6. The van der Waals surface area contributed by atoms with Crippen molar-refractivity contribution in [1.29, 1.82) is 0 Å². The number of aryl methyl sites for hydroxylation is 1. The Bertz CT molecular complexity index is 1640. The number of benzene rings is 1. The van der Waals surface area contributed by atoms with Crippen LogP contribution < -0.4 is 20.5 Å². The van der Waals surface area contributed by atoms with E-state index in [4.69, 9.17) is 19.2 Å². The molecule has 3 aromatic heterocycles. The fraction of sp³-hybridized carbons (Fsp3) is 0.269. The van der Waals surface area contributed by atoms with E-state index in [0.29, 0.717) is 35.8 Å². The van der Waals surface area contributed by atoms with Crippen molar-refractivity contribution in [2.45, 2.75) is 33.2 Å². The summed E-state index contributed by atoms with van der Waals surface area (Å²) >= 11 is 0. The summed E-state index contributed by atoms with van der Waals surface area (Å²) in [6.07, 6.45) is 3.16. The van der Waals surface area contributed by atoms with Crippen LogP contribution in [0.3, 0.4) is 0 Å². The molecule has 0 fully saturated rings. The summed E-state index contributed by atoms with van der Waals surface area (Å²) in [6.45, 7) is 4.29. The highest BCUT2D eigenvalue weighted by Gasteiger charge is 2.21. The van der Waals surface area contributed by atoms with Crippen LogP contribution in [0.25, 0.3) is 16.7 Å². The number of ether oxygens (including phenoxy) is 3. The van der Waals surface area contributed by atoms with E-state index in [9.17, 15) is 14.4 Å². The molecule has 10 heteroatoms. The van der Waals surface area contributed by atoms with Crippen LogP contribution in [0.1, 0.15) is 47.4 Å². The zero-order valence-electron chi connectivity index (χ0n) is 19.9. The maximum absolute atomic E-state index is 13.3. The van der Waals surface area contributed by atoms with Crippen LogP contribution in [0.4, 0.5) is 0 Å². The average Bonchev–Trinajstić information content (AvgIpc) is 3.36. The van der Waals surface area contributed by atoms with Gasteiger partial charge in [0.2, 0.25) is 6.79 Å². The van der Waals surface area contributed by atoms with E-state index in [1.54, 1.807) is 54.1 Å². The largest absolute Gasteiger partial charge is 0.462 e. The Kier molecular flexibility index (Phi) is 6.24. The van der Waals surface area contributed by atoms with Crippen molar-refractivity contribution < 1.29 is 23.8 Å². The molecule has 5 rings (SSSR count). The van der Waals surface area contributed by atoms with Crippen LogP contribution in [-0.4, -0.2) is 39.2 Å². The second kappa shape index (κ2) is 9.65. The molecular formula is C26H24N4O6. The van der Waals surface area contributed by atoms with Gasteiger partial charge in [0.1, 0.15) is 16.9 Å². The zero-order chi connectivity index (χ0) is 25.2. The monoisotopic (exact) mass is 488 g/mol. The highest BCUT2D eigenvalue weighted by atomic mass is 16.7. The molecular weight excluding hydrogens is 464 g/mol. The third-order valence-electron chi connectivity index (χ3n) is 5.85. The van der Waals surface area contributed by atoms with Gasteiger partial charge in [-0.15, -0.1) is 0 Å². The summed E-state index contributed by atoms with van der Waals surface area (Å²) < 4.78 is 19.0. The van der Waals surface area contributed by atoms with Crippen LogP contribution in [0, 0.1) is 0 Å². The Morgan fingerprint density at radius 3 is 2.75 bits per heavy atom. The summed E-state index contributed by atoms with van der Waals surface area (Å²) in [7, 11) is 0. The molecule has 1 aliphatic rings. The fourth-order valence-electron chi connectivity index (χ4n) is 4.08. The first-order valence-corrected chi connectivity index (χ1v) is 11.7. The fourth-order valence-corrected chi connectivity index (χ4v) is 4.08. The molecule has 0 atom stereocenters. The summed E-state index contributed by atoms with van der Waals surface area (Å²) in [6, 6.07) is 11.4. The summed E-state index contributed by atoms with van der Waals surface area (Å²) in [5.41, 5.74) is 0.818. The van der Waals surface area contributed by atoms with Crippen molar-refractivity contribution in [1.82, 2.24) is 14.0 Å². The first-order valence-electron chi connectivity index (χ1n) is 11.7. The van der Waals surface area contributed by atoms with E-state index >= 15 is 0 Å². The Labute approximate surface area is 205 Å². The van der Waals surface area contributed by atoms with Gasteiger partial charge in [-0.3, -0.25) is 14.0 Å². The number of hydrogen-bond donors (Lipinski definition) is 0. The topological polar surface area (TPSA) is 113 Å². The molecule has 184 valence electrons. The van der Waals surface area contributed by atoms with Crippen molar-refractivity contribution in [3.63, 3.8) is 0 Å². The van der Waals surface area contributed by atoms with Gasteiger partial charge in [0.15, 0.2) is 17.0 Å². The van der Waals surface area contributed by atoms with Crippen LogP contribution in [-0.2, 0) is 11.3 Å². The van der Waals surface area contributed by atoms with Gasteiger partial charge >= 0.3 is 5.97 Å². The maximum atomic E-state index is 13.3. The van der Waals surface area contributed by atoms with Gasteiger partial charge in [0.25, 0.3) is 11.5 Å². The minimum Gasteiger partial charge on any atom is -0.462 e. The number of amides is 1. The Hall–Kier alpha value is -4.47. The summed E-state index contributed by atoms with van der Waals surface area (Å²) in [5.74, 6) is -0.278. The van der Waals surface area contributed by atoms with Gasteiger partial charge in [-0.2, -0.15) is 4.99 Å². The van der Waals surface area contributed by atoms with Crippen molar-refractivity contribution in [3.05, 3.63) is 75.6 Å². The van der Waals surface area contributed by atoms with Gasteiger partial charge in [-0.1, -0.05) is 19.4 Å². The van der Waals surface area contributed by atoms with E-state index in [1.165, 1.54) is 10.5 Å². The molecule has 1 aliphatic heterocycles. The summed E-state index contributed by atoms with van der Waals surface area (Å²) in [5, 5.41) is 0.229. The first-order chi connectivity index (χ1) is 17.5. The lowest BCUT2D eigenvalue weighted by Gasteiger charge is -2.15. The molecule has 0 bridgehead atoms. The molecule has 0 N–H and O–H groups in total. The number of carbonyl (C=O) groups excluding carboxylic acids is 2. The Balaban J connectivity index is 1.81. The van der Waals surface area contributed by atoms with Gasteiger partial charge in [-0.05, 0) is 49.7 Å². The second-order valence-electron chi connectivity index (χ2n) is 8.18. The standard InChI is InChI=1S/C26H24N4O6/c1-3-5-11-30-22-17(25(32)29-12-7-6-8-21(29)27-22)14-18(26(33)34-4-2)23(30)28-24(31)16-9-10-19-20(13-16)36-15-35-19/h6-10,12-14H,3-5,11,15H2,1-2H3. The number of pyridine rings is 2. The third kappa shape index (κ3) is 4.10. The number of unbranched alkanes of at least 4 members (excludes halogenated alkanes) is 1. The van der Waals surface area contributed by atoms with Crippen LogP contribution in [0.15, 0.2) is 58.4 Å². The number of fused-ring (bicyclic) bond motifs is 3. The van der Waals surface area contributed by atoms with Gasteiger partial charge in [0, 0.05) is 18.3 Å². The average molecular weight is 489 g/mol. The Morgan fingerprint density at radius 1 is 1.11 bits per heavy atom. The molecule has 10 nitrogen and oxygen atoms in total. The van der Waals surface area contributed by atoms with E-state index in [1.807, 2.05) is 6.92 Å². The third-order valence-corrected chi connectivity index (χ3v) is 5.85. The van der Waals surface area contributed by atoms with Crippen molar-refractivity contribution in [2.24, 2.45) is 4.99 Å². The molecule has 0 radical (unpaired) electrons. The first kappa shape index (κ1) is 23.3. The van der Waals surface area contributed by atoms with E-state index in [0.717, 1.165) is 6.42 Å². The SMILES string of the molecule is CCCCn1c(=NC(=O)c2ccc3c(c2)OCO3)c(C(=O)OCC)cc2c(=O)n3ccccc3nc21. The molecule has 0 unspecified atom stereocenters. The van der Waals surface area contributed by atoms with E-state index in [2.05, 4.69) is 4.99 Å². The number of aromatic nitrogens is 3. The van der Waals surface area contributed by atoms with Crippen molar-refractivity contribution in [2.75, 3.05) is 13.4 Å². The number of esters is 1. The normalized spacial score (nSPS) is 12.9. The number of nitrogens with zero attached hydrogens (tertiary/aromatic N) is 4. The number of hydrogen-bond acceptors (Lipinski definition) is 7. The maximum Gasteiger partial charge on any atom is 0.341 e. The van der Waals surface area contributed by atoms with Crippen molar-refractivity contribution in [3.8, 4) is 11.5 Å². The molecule has 0 saturated heterocycles. The van der Waals surface area contributed by atoms with Crippen LogP contribution in [0.5, 0.6) is 11.5 Å². The number of carbonyl (C=O) groups is 2. The zero-order valence-corrected chi connectivity index (χ0v) is 19.9. The lowest BCUT2D eigenvalue weighted by molar-refractivity contribution is 0.0523. The van der Waals surface area contributed by atoms with Crippen LogP contribution in [0.2, 0.25) is 0 Å². The molecule has 1 amide bonds. The highest BCUT2D eigenvalue weighted by Crippen LogP contribution is 2.32. The highest BCUT2D eigenvalue weighted by molar-refractivity contribution is 5.97. The molecule has 1 aromatic carbocycles. The molecule has 0 saturated carbocycles. The van der Waals surface area contributed by atoms with Gasteiger partial charge in [0.05, 0.1) is 12.0 Å². The lowest BCUT2D eigenvalue weighted by Crippen LogP contribution is -2.32. The van der Waals surface area contributed by atoms with Crippen LogP contribution >= 0.6 is 0 Å². The quantitative estimate of drug-likeness (QED) is 0.303. The van der Waals surface area contributed by atoms with E-state index < -0.39 is 11.9 Å². The minimum absolute atomic E-state index is 0.0179. The predicted molar refractivity (Wildman–Crippen MR) is 130 cm³/mol. The molecule has 4 heterocycles. The van der Waals surface area contributed by atoms with E-state index in [-0.39, 0.29) is 41.0 Å². The molecule has 0 spiro atoms. The predicted octanol–water partition coefficient (Wildman–Crippen LogP) is 3.10. The van der Waals surface area contributed by atoms with Gasteiger partial charge < -0.3 is 18.8 Å². The second-order valence-corrected chi connectivity index (χ2v) is 8.18. The molecule has 4 aromatic rings. The molecule has 0 aliphatic carbocycles. The lowest BCUT2D eigenvalue weighted by atomic mass is 10.1. The molecule has 36 heavy (non-hydrogen) atoms. The Morgan fingerprint density at radius 2 is 1.94 bits per heavy atom. The van der Waals surface area contributed by atoms with Crippen molar-refractivity contribution >= 4 is 28.6 Å². The smallest absolute Gasteiger partial charge is 0.341 e. The van der Waals surface area contributed by atoms with Gasteiger partial charge in [-0.25, -0.2) is 9.78 Å². The summed E-state index contributed by atoms with van der Waals surface area (Å²) in [4.78, 5) is 48.7. The minimum atomic E-state index is -0.681.